The first-order chi connectivity index (χ1) is 9.06. The lowest BCUT2D eigenvalue weighted by molar-refractivity contribution is 0.205. The highest BCUT2D eigenvalue weighted by molar-refractivity contribution is 7.89. The van der Waals surface area contributed by atoms with Gasteiger partial charge in [-0.2, -0.15) is 9.57 Å². The van der Waals surface area contributed by atoms with Crippen LogP contribution in [0.1, 0.15) is 19.0 Å². The third-order valence-electron chi connectivity index (χ3n) is 2.91. The minimum Gasteiger partial charge on any atom is -0.471 e. The summed E-state index contributed by atoms with van der Waals surface area (Å²) in [5.41, 5.74) is 0.110. The molecule has 1 unspecified atom stereocenters. The van der Waals surface area contributed by atoms with Crippen LogP contribution in [0.4, 0.5) is 0 Å². The second-order valence-electron chi connectivity index (χ2n) is 4.11. The van der Waals surface area contributed by atoms with Crippen LogP contribution in [0.3, 0.4) is 0 Å². The van der Waals surface area contributed by atoms with Crippen LogP contribution in [-0.4, -0.2) is 47.6 Å². The predicted molar refractivity (Wildman–Crippen MR) is 66.8 cm³/mol. The van der Waals surface area contributed by atoms with Crippen LogP contribution in [0.15, 0.2) is 12.4 Å². The van der Waals surface area contributed by atoms with Crippen molar-refractivity contribution in [2.45, 2.75) is 19.4 Å². The molecule has 1 fully saturated rings. The highest BCUT2D eigenvalue weighted by Crippen LogP contribution is 2.20. The topological polar surface area (TPSA) is 96.2 Å². The normalized spacial score (nSPS) is 20.1. The van der Waals surface area contributed by atoms with E-state index in [9.17, 15) is 8.42 Å². The molecule has 0 radical (unpaired) electrons. The van der Waals surface area contributed by atoms with E-state index in [-0.39, 0.29) is 30.0 Å². The fourth-order valence-electron chi connectivity index (χ4n) is 1.88. The summed E-state index contributed by atoms with van der Waals surface area (Å²) >= 11 is 0. The van der Waals surface area contributed by atoms with Gasteiger partial charge in [-0.25, -0.2) is 18.4 Å². The molecule has 1 saturated heterocycles. The molecular formula is C11H14N4O3S. The summed E-state index contributed by atoms with van der Waals surface area (Å²) < 4.78 is 30.4. The van der Waals surface area contributed by atoms with Gasteiger partial charge in [0.2, 0.25) is 15.7 Å². The molecule has 1 aliphatic rings. The minimum atomic E-state index is -3.19. The zero-order chi connectivity index (χ0) is 13.9. The second-order valence-corrected chi connectivity index (χ2v) is 6.37. The Labute approximate surface area is 111 Å². The van der Waals surface area contributed by atoms with Gasteiger partial charge in [0.05, 0.1) is 12.3 Å². The molecule has 19 heavy (non-hydrogen) atoms. The van der Waals surface area contributed by atoms with E-state index in [1.54, 1.807) is 6.92 Å². The van der Waals surface area contributed by atoms with E-state index in [1.807, 2.05) is 6.07 Å². The van der Waals surface area contributed by atoms with Gasteiger partial charge in [0.1, 0.15) is 12.2 Å². The van der Waals surface area contributed by atoms with Crippen LogP contribution >= 0.6 is 0 Å². The average Bonchev–Trinajstić information content (AvgIpc) is 2.89. The summed E-state index contributed by atoms with van der Waals surface area (Å²) in [5, 5.41) is 8.87. The van der Waals surface area contributed by atoms with Gasteiger partial charge in [-0.05, 0) is 13.3 Å². The molecule has 1 aromatic rings. The standard InChI is InChI=1S/C11H14N4O3S/c1-2-19(16,17)15-6-3-9(8-15)18-11-10(7-12)13-4-5-14-11/h4-5,9H,2-3,6,8H2,1H3. The fraction of sp³-hybridized carbons (Fsp3) is 0.545. The molecule has 1 aliphatic heterocycles. The first kappa shape index (κ1) is 13.7. The number of aromatic nitrogens is 2. The third kappa shape index (κ3) is 3.00. The lowest BCUT2D eigenvalue weighted by Gasteiger charge is -2.15. The van der Waals surface area contributed by atoms with Crippen molar-refractivity contribution in [3.63, 3.8) is 0 Å². The van der Waals surface area contributed by atoms with Crippen LogP contribution in [0.5, 0.6) is 5.88 Å². The highest BCUT2D eigenvalue weighted by Gasteiger charge is 2.32. The van der Waals surface area contributed by atoms with E-state index >= 15 is 0 Å². The lowest BCUT2D eigenvalue weighted by Crippen LogP contribution is -2.32. The number of hydrogen-bond donors (Lipinski definition) is 0. The third-order valence-corrected chi connectivity index (χ3v) is 4.76. The van der Waals surface area contributed by atoms with Crippen molar-refractivity contribution >= 4 is 10.0 Å². The maximum absolute atomic E-state index is 11.7. The van der Waals surface area contributed by atoms with E-state index in [0.29, 0.717) is 13.0 Å². The van der Waals surface area contributed by atoms with Gasteiger partial charge in [-0.15, -0.1) is 0 Å². The number of hydrogen-bond acceptors (Lipinski definition) is 6. The molecule has 2 heterocycles. The van der Waals surface area contributed by atoms with Crippen molar-refractivity contribution in [3.8, 4) is 11.9 Å². The van der Waals surface area contributed by atoms with Gasteiger partial charge in [0.25, 0.3) is 5.88 Å². The summed E-state index contributed by atoms with van der Waals surface area (Å²) in [6.07, 6.45) is 3.14. The predicted octanol–water partition coefficient (Wildman–Crippen LogP) is 0.151. The minimum absolute atomic E-state index is 0.0777. The first-order valence-electron chi connectivity index (χ1n) is 5.92. The monoisotopic (exact) mass is 282 g/mol. The first-order valence-corrected chi connectivity index (χ1v) is 7.53. The molecule has 0 saturated carbocycles. The molecule has 1 aromatic heterocycles. The van der Waals surface area contributed by atoms with Crippen molar-refractivity contribution in [2.24, 2.45) is 0 Å². The molecule has 0 N–H and O–H groups in total. The number of sulfonamides is 1. The van der Waals surface area contributed by atoms with E-state index in [2.05, 4.69) is 9.97 Å². The molecule has 8 heteroatoms. The maximum atomic E-state index is 11.7. The Morgan fingerprint density at radius 1 is 1.53 bits per heavy atom. The number of ether oxygens (including phenoxy) is 1. The smallest absolute Gasteiger partial charge is 0.251 e. The number of nitriles is 1. The van der Waals surface area contributed by atoms with Gasteiger partial charge >= 0.3 is 0 Å². The number of nitrogens with zero attached hydrogens (tertiary/aromatic N) is 4. The maximum Gasteiger partial charge on any atom is 0.251 e. The molecule has 102 valence electrons. The fourth-order valence-corrected chi connectivity index (χ4v) is 3.02. The largest absolute Gasteiger partial charge is 0.471 e. The Kier molecular flexibility index (Phi) is 3.97. The number of rotatable bonds is 4. The van der Waals surface area contributed by atoms with Gasteiger partial charge in [-0.1, -0.05) is 0 Å². The summed E-state index contributed by atoms with van der Waals surface area (Å²) in [7, 11) is -3.19. The molecule has 0 bridgehead atoms. The molecule has 2 rings (SSSR count). The molecule has 0 aromatic carbocycles. The van der Waals surface area contributed by atoms with Crippen LogP contribution < -0.4 is 4.74 Å². The Morgan fingerprint density at radius 3 is 2.95 bits per heavy atom. The Balaban J connectivity index is 2.05. The molecule has 7 nitrogen and oxygen atoms in total. The zero-order valence-corrected chi connectivity index (χ0v) is 11.3. The zero-order valence-electron chi connectivity index (χ0n) is 10.5. The van der Waals surface area contributed by atoms with Crippen LogP contribution in [-0.2, 0) is 10.0 Å². The summed E-state index contributed by atoms with van der Waals surface area (Å²) in [5.74, 6) is 0.236. The Bertz CT molecular complexity index is 596. The SMILES string of the molecule is CCS(=O)(=O)N1CCC(Oc2nccnc2C#N)C1. The van der Waals surface area contributed by atoms with Crippen LogP contribution in [0.2, 0.25) is 0 Å². The highest BCUT2D eigenvalue weighted by atomic mass is 32.2. The summed E-state index contributed by atoms with van der Waals surface area (Å²) in [6, 6.07) is 1.89. The van der Waals surface area contributed by atoms with Crippen LogP contribution in [0, 0.1) is 11.3 Å². The van der Waals surface area contributed by atoms with Crippen molar-refractivity contribution in [1.29, 1.82) is 5.26 Å². The summed E-state index contributed by atoms with van der Waals surface area (Å²) in [4.78, 5) is 7.79. The van der Waals surface area contributed by atoms with Crippen molar-refractivity contribution in [2.75, 3.05) is 18.8 Å². The van der Waals surface area contributed by atoms with Crippen LogP contribution in [0.25, 0.3) is 0 Å². The molecule has 0 aliphatic carbocycles. The molecule has 0 spiro atoms. The average molecular weight is 282 g/mol. The van der Waals surface area contributed by atoms with E-state index < -0.39 is 10.0 Å². The quantitative estimate of drug-likeness (QED) is 0.780. The van der Waals surface area contributed by atoms with Gasteiger partial charge in [0, 0.05) is 18.9 Å². The van der Waals surface area contributed by atoms with E-state index in [0.717, 1.165) is 0 Å². The Hall–Kier alpha value is -1.72. The van der Waals surface area contributed by atoms with Crippen molar-refractivity contribution < 1.29 is 13.2 Å². The van der Waals surface area contributed by atoms with E-state index in [4.69, 9.17) is 10.00 Å². The van der Waals surface area contributed by atoms with Gasteiger partial charge in [-0.3, -0.25) is 0 Å². The summed E-state index contributed by atoms with van der Waals surface area (Å²) in [6.45, 7) is 2.33. The molecular weight excluding hydrogens is 268 g/mol. The van der Waals surface area contributed by atoms with Gasteiger partial charge < -0.3 is 4.74 Å². The van der Waals surface area contributed by atoms with Gasteiger partial charge in [0.15, 0.2) is 0 Å². The van der Waals surface area contributed by atoms with E-state index in [1.165, 1.54) is 16.7 Å². The Morgan fingerprint density at radius 2 is 2.26 bits per heavy atom. The van der Waals surface area contributed by atoms with Crippen molar-refractivity contribution in [3.05, 3.63) is 18.1 Å². The lowest BCUT2D eigenvalue weighted by atomic mass is 10.3. The molecule has 0 amide bonds. The second kappa shape index (κ2) is 5.50. The van der Waals surface area contributed by atoms with Crippen molar-refractivity contribution in [1.82, 2.24) is 14.3 Å². The molecule has 1 atom stereocenters.